The van der Waals surface area contributed by atoms with E-state index in [1.165, 1.54) is 31.5 Å². The van der Waals surface area contributed by atoms with Gasteiger partial charge in [-0.25, -0.2) is 9.97 Å². The van der Waals surface area contributed by atoms with Crippen molar-refractivity contribution in [3.63, 3.8) is 0 Å². The average molecular weight is 494 g/mol. The lowest BCUT2D eigenvalue weighted by atomic mass is 10.00. The van der Waals surface area contributed by atoms with E-state index in [1.807, 2.05) is 62.6 Å². The maximum Gasteiger partial charge on any atom is 0.156 e. The first-order chi connectivity index (χ1) is 17.9. The second kappa shape index (κ2) is 11.8. The van der Waals surface area contributed by atoms with Crippen LogP contribution in [0.15, 0.2) is 73.2 Å². The Morgan fingerprint density at radius 2 is 1.92 bits per heavy atom. The molecule has 0 saturated carbocycles. The third-order valence-electron chi connectivity index (χ3n) is 6.61. The lowest BCUT2D eigenvalue weighted by molar-refractivity contribution is 0.368. The summed E-state index contributed by atoms with van der Waals surface area (Å²) >= 11 is 0. The van der Waals surface area contributed by atoms with E-state index in [-0.39, 0.29) is 5.71 Å². The molecular weight excluding hydrogens is 458 g/mol. The number of rotatable bonds is 6. The fourth-order valence-electron chi connectivity index (χ4n) is 4.51. The number of hydrogen-bond donors (Lipinski definition) is 3. The number of allylic oxidation sites excluding steroid dienone is 2. The molecule has 0 radical (unpaired) electrons. The number of nitrogens with zero attached hydrogens (tertiary/aromatic N) is 4. The van der Waals surface area contributed by atoms with Crippen LogP contribution in [0.1, 0.15) is 42.5 Å². The second-order valence-electron chi connectivity index (χ2n) is 9.47. The highest BCUT2D eigenvalue weighted by Gasteiger charge is 2.16. The topological polar surface area (TPSA) is 108 Å². The quantitative estimate of drug-likeness (QED) is 0.231. The molecule has 0 bridgehead atoms. The van der Waals surface area contributed by atoms with Gasteiger partial charge in [0.25, 0.3) is 0 Å². The number of H-pyrrole nitrogens is 1. The van der Waals surface area contributed by atoms with Gasteiger partial charge < -0.3 is 10.7 Å². The predicted molar refractivity (Wildman–Crippen MR) is 153 cm³/mol. The molecule has 37 heavy (non-hydrogen) atoms. The lowest BCUT2D eigenvalue weighted by Gasteiger charge is -2.13. The predicted octanol–water partition coefficient (Wildman–Crippen LogP) is 5.85. The molecule has 190 valence electrons. The first kappa shape index (κ1) is 26.0. The van der Waals surface area contributed by atoms with E-state index in [0.29, 0.717) is 17.2 Å². The Hall–Kier alpha value is -4.10. The number of fused-ring (bicyclic) bond motifs is 1. The molecule has 0 aliphatic carbocycles. The van der Waals surface area contributed by atoms with E-state index >= 15 is 0 Å². The maximum atomic E-state index is 8.51. The first-order valence-electron chi connectivity index (χ1n) is 12.6. The first-order valence-corrected chi connectivity index (χ1v) is 12.6. The molecule has 1 fully saturated rings. The minimum absolute atomic E-state index is 0.223. The zero-order valence-corrected chi connectivity index (χ0v) is 21.9. The van der Waals surface area contributed by atoms with Crippen molar-refractivity contribution in [3.8, 4) is 11.1 Å². The van der Waals surface area contributed by atoms with Crippen LogP contribution >= 0.6 is 0 Å². The van der Waals surface area contributed by atoms with Crippen LogP contribution in [0.25, 0.3) is 21.9 Å². The van der Waals surface area contributed by atoms with E-state index in [2.05, 4.69) is 44.4 Å². The van der Waals surface area contributed by atoms with Crippen LogP contribution in [-0.2, 0) is 0 Å². The molecule has 1 aliphatic rings. The van der Waals surface area contributed by atoms with Gasteiger partial charge >= 0.3 is 0 Å². The molecule has 1 aromatic carbocycles. The van der Waals surface area contributed by atoms with Gasteiger partial charge in [-0.3, -0.25) is 15.3 Å². The van der Waals surface area contributed by atoms with Gasteiger partial charge in [0.2, 0.25) is 0 Å². The number of hydrogen-bond acceptors (Lipinski definition) is 6. The van der Waals surface area contributed by atoms with E-state index in [4.69, 9.17) is 11.1 Å². The third kappa shape index (κ3) is 6.19. The van der Waals surface area contributed by atoms with Gasteiger partial charge in [0.05, 0.1) is 5.69 Å². The van der Waals surface area contributed by atoms with Crippen LogP contribution in [-0.4, -0.2) is 50.2 Å². The molecule has 0 amide bonds. The van der Waals surface area contributed by atoms with Crippen molar-refractivity contribution >= 4 is 22.3 Å². The zero-order valence-electron chi connectivity index (χ0n) is 21.9. The summed E-state index contributed by atoms with van der Waals surface area (Å²) in [4.78, 5) is 18.7. The summed E-state index contributed by atoms with van der Waals surface area (Å²) in [6.45, 7) is 13.4. The largest absolute Gasteiger partial charge is 0.383 e. The van der Waals surface area contributed by atoms with Crippen LogP contribution in [0, 0.1) is 19.3 Å². The number of nitrogen functional groups attached to an aromatic ring is 1. The Morgan fingerprint density at radius 1 is 1.16 bits per heavy atom. The van der Waals surface area contributed by atoms with Gasteiger partial charge in [-0.2, -0.15) is 0 Å². The van der Waals surface area contributed by atoms with Crippen LogP contribution in [0.4, 0.5) is 5.82 Å². The molecule has 4 N–H and O–H groups in total. The molecule has 3 aromatic heterocycles. The van der Waals surface area contributed by atoms with Gasteiger partial charge in [-0.05, 0) is 58.2 Å². The van der Waals surface area contributed by atoms with Crippen molar-refractivity contribution in [3.05, 3.63) is 96.0 Å². The molecule has 4 heterocycles. The van der Waals surface area contributed by atoms with Gasteiger partial charge in [-0.15, -0.1) is 0 Å². The normalized spacial score (nSPS) is 13.9. The number of aromatic nitrogens is 4. The number of likely N-dealkylation sites (tertiary alicyclic amines) is 1. The monoisotopic (exact) mass is 493 g/mol. The number of imidazole rings is 1. The number of anilines is 1. The van der Waals surface area contributed by atoms with Crippen LogP contribution in [0.5, 0.6) is 0 Å². The summed E-state index contributed by atoms with van der Waals surface area (Å²) in [6.07, 6.45) is 12.1. The molecule has 4 aromatic rings. The van der Waals surface area contributed by atoms with Gasteiger partial charge in [0, 0.05) is 52.9 Å². The standard InChI is InChI=1S/C20H18N6.C10H17N/c1-11-12(2)26-20(25-11)18(21)16-7-14(9-24-19(16)22)17-10-23-8-13-5-3-4-6-15(13)17;1-3-6-10(2)9-11-7-4-5-8-11/h3-10,21H,1-2H3,(H2,22,24)(H,25,26);3,6H,1,4-5,7-9H2,2H3/b;10-6+. The highest BCUT2D eigenvalue weighted by atomic mass is 15.1. The fourth-order valence-corrected chi connectivity index (χ4v) is 4.51. The molecule has 7 heteroatoms. The molecular formula is C30H35N7. The highest BCUT2D eigenvalue weighted by Crippen LogP contribution is 2.29. The number of aromatic amines is 1. The lowest BCUT2D eigenvalue weighted by Crippen LogP contribution is -2.20. The SMILES string of the molecule is C=C/C=C(\C)CN1CCCC1.Cc1nc(C(=N)c2cc(-c3cncc4ccccc34)cnc2N)[nH]c1C. The van der Waals surface area contributed by atoms with Gasteiger partial charge in [0.15, 0.2) is 5.82 Å². The number of pyridine rings is 2. The minimum Gasteiger partial charge on any atom is -0.383 e. The highest BCUT2D eigenvalue weighted by molar-refractivity contribution is 6.12. The summed E-state index contributed by atoms with van der Waals surface area (Å²) in [5.74, 6) is 0.792. The summed E-state index contributed by atoms with van der Waals surface area (Å²) in [6, 6.07) is 9.92. The number of aryl methyl sites for hydroxylation is 2. The Morgan fingerprint density at radius 3 is 2.62 bits per heavy atom. The van der Waals surface area contributed by atoms with Crippen LogP contribution < -0.4 is 5.73 Å². The number of nitrogens with two attached hydrogens (primary N) is 1. The van der Waals surface area contributed by atoms with Crippen molar-refractivity contribution in [1.82, 2.24) is 24.8 Å². The van der Waals surface area contributed by atoms with Crippen molar-refractivity contribution in [1.29, 1.82) is 5.41 Å². The van der Waals surface area contributed by atoms with Crippen molar-refractivity contribution in [2.45, 2.75) is 33.6 Å². The molecule has 1 aliphatic heterocycles. The summed E-state index contributed by atoms with van der Waals surface area (Å²) in [5.41, 5.74) is 11.9. The molecule has 0 spiro atoms. The van der Waals surface area contributed by atoms with Crippen LogP contribution in [0.2, 0.25) is 0 Å². The number of nitrogens with one attached hydrogen (secondary N) is 2. The fraction of sp³-hybridized carbons (Fsp3) is 0.267. The molecule has 7 nitrogen and oxygen atoms in total. The van der Waals surface area contributed by atoms with Crippen molar-refractivity contribution < 1.29 is 0 Å². The van der Waals surface area contributed by atoms with E-state index < -0.39 is 0 Å². The molecule has 0 atom stereocenters. The Balaban J connectivity index is 0.000000245. The summed E-state index contributed by atoms with van der Waals surface area (Å²) in [5, 5.41) is 10.6. The summed E-state index contributed by atoms with van der Waals surface area (Å²) in [7, 11) is 0. The van der Waals surface area contributed by atoms with Crippen molar-refractivity contribution in [2.24, 2.45) is 0 Å². The smallest absolute Gasteiger partial charge is 0.156 e. The Bertz CT molecular complexity index is 1420. The third-order valence-corrected chi connectivity index (χ3v) is 6.61. The van der Waals surface area contributed by atoms with E-state index in [0.717, 1.165) is 39.8 Å². The Kier molecular flexibility index (Phi) is 8.25. The number of benzene rings is 1. The van der Waals surface area contributed by atoms with Crippen molar-refractivity contribution in [2.75, 3.05) is 25.4 Å². The minimum atomic E-state index is 0.223. The maximum absolute atomic E-state index is 8.51. The second-order valence-corrected chi connectivity index (χ2v) is 9.47. The molecule has 1 saturated heterocycles. The van der Waals surface area contributed by atoms with E-state index in [1.54, 1.807) is 6.20 Å². The average Bonchev–Trinajstić information content (AvgIpc) is 3.53. The molecule has 0 unspecified atom stereocenters. The van der Waals surface area contributed by atoms with Crippen LogP contribution in [0.3, 0.4) is 0 Å². The zero-order chi connectivity index (χ0) is 26.4. The summed E-state index contributed by atoms with van der Waals surface area (Å²) < 4.78 is 0. The molecule has 5 rings (SSSR count). The van der Waals surface area contributed by atoms with E-state index in [9.17, 15) is 0 Å². The Labute approximate surface area is 218 Å². The van der Waals surface area contributed by atoms with Gasteiger partial charge in [0.1, 0.15) is 11.5 Å². The van der Waals surface area contributed by atoms with Gasteiger partial charge in [-0.1, -0.05) is 48.6 Å².